The second-order valence-electron chi connectivity index (χ2n) is 6.31. The number of hydrogen-bond acceptors (Lipinski definition) is 4. The second-order valence-corrected chi connectivity index (χ2v) is 6.31. The molecule has 1 amide bonds. The Balaban J connectivity index is 0.00000208. The van der Waals surface area contributed by atoms with Crippen molar-refractivity contribution in [2.75, 3.05) is 20.1 Å². The highest BCUT2D eigenvalue weighted by Crippen LogP contribution is 2.27. The fraction of sp³-hybridized carbons (Fsp3) is 0.688. The van der Waals surface area contributed by atoms with Gasteiger partial charge >= 0.3 is 0 Å². The molecule has 1 aliphatic carbocycles. The van der Waals surface area contributed by atoms with E-state index in [2.05, 4.69) is 20.8 Å². The molecule has 2 fully saturated rings. The van der Waals surface area contributed by atoms with Crippen LogP contribution in [0.25, 0.3) is 0 Å². The fourth-order valence-electron chi connectivity index (χ4n) is 3.40. The van der Waals surface area contributed by atoms with Crippen molar-refractivity contribution in [2.24, 2.45) is 10.9 Å². The number of guanidine groups is 1. The minimum absolute atomic E-state index is 0. The lowest BCUT2D eigenvalue weighted by Crippen LogP contribution is -2.45. The maximum Gasteiger partial charge on any atom is 0.225 e. The zero-order chi connectivity index (χ0) is 16.1. The molecule has 2 aliphatic rings. The minimum atomic E-state index is 0. The van der Waals surface area contributed by atoms with Gasteiger partial charge in [0.1, 0.15) is 12.0 Å². The Bertz CT molecular complexity index is 543. The molecule has 0 radical (unpaired) electrons. The van der Waals surface area contributed by atoms with Gasteiger partial charge < -0.3 is 20.1 Å². The highest BCUT2D eigenvalue weighted by Gasteiger charge is 2.32. The number of nitrogens with one attached hydrogen (secondary N) is 2. The molecule has 134 valence electrons. The van der Waals surface area contributed by atoms with Crippen molar-refractivity contribution >= 4 is 35.8 Å². The van der Waals surface area contributed by atoms with Gasteiger partial charge in [0.25, 0.3) is 0 Å². The Morgan fingerprint density at radius 1 is 1.42 bits per heavy atom. The molecule has 8 heteroatoms. The summed E-state index contributed by atoms with van der Waals surface area (Å²) in [7, 11) is 1.74. The van der Waals surface area contributed by atoms with Crippen LogP contribution in [0.5, 0.6) is 0 Å². The first kappa shape index (κ1) is 19.0. The van der Waals surface area contributed by atoms with Crippen LogP contribution in [0.4, 0.5) is 0 Å². The van der Waals surface area contributed by atoms with E-state index in [0.717, 1.165) is 44.0 Å². The summed E-state index contributed by atoms with van der Waals surface area (Å²) in [6, 6.07) is 2.07. The maximum atomic E-state index is 12.5. The molecule has 7 nitrogen and oxygen atoms in total. The summed E-state index contributed by atoms with van der Waals surface area (Å²) in [6.07, 6.45) is 7.04. The number of likely N-dealkylation sites (tertiary alicyclic amines) is 1. The lowest BCUT2D eigenvalue weighted by atomic mass is 10.1. The lowest BCUT2D eigenvalue weighted by molar-refractivity contribution is -0.134. The highest BCUT2D eigenvalue weighted by molar-refractivity contribution is 14.0. The quantitative estimate of drug-likeness (QED) is 0.418. The van der Waals surface area contributed by atoms with E-state index in [4.69, 9.17) is 4.52 Å². The number of carbonyl (C=O) groups excluding carboxylic acids is 1. The average molecular weight is 447 g/mol. The van der Waals surface area contributed by atoms with Crippen LogP contribution >= 0.6 is 24.0 Å². The summed E-state index contributed by atoms with van der Waals surface area (Å²) in [4.78, 5) is 18.7. The number of aromatic nitrogens is 1. The topological polar surface area (TPSA) is 82.8 Å². The van der Waals surface area contributed by atoms with Crippen molar-refractivity contribution in [1.29, 1.82) is 0 Å². The normalized spacial score (nSPS) is 21.6. The Morgan fingerprint density at radius 2 is 2.21 bits per heavy atom. The zero-order valence-corrected chi connectivity index (χ0v) is 16.4. The molecule has 1 aliphatic heterocycles. The standard InChI is InChI=1S/C16H25N5O2.HI/c1-17-16(18-10-13-7-9-23-20-13)19-14-6-8-21(11-14)15(22)12-4-2-3-5-12;/h7,9,12,14H,2-6,8,10-11H2,1H3,(H2,17,18,19);1H. The molecule has 1 aromatic rings. The molecular weight excluding hydrogens is 421 g/mol. The first-order chi connectivity index (χ1) is 11.3. The van der Waals surface area contributed by atoms with E-state index in [0.29, 0.717) is 12.5 Å². The van der Waals surface area contributed by atoms with Crippen LogP contribution in [-0.4, -0.2) is 48.1 Å². The van der Waals surface area contributed by atoms with Gasteiger partial charge in [-0.05, 0) is 19.3 Å². The van der Waals surface area contributed by atoms with Gasteiger partial charge in [-0.1, -0.05) is 18.0 Å². The van der Waals surface area contributed by atoms with Gasteiger partial charge in [0.15, 0.2) is 5.96 Å². The van der Waals surface area contributed by atoms with Crippen molar-refractivity contribution < 1.29 is 9.32 Å². The molecule has 2 heterocycles. The first-order valence-corrected chi connectivity index (χ1v) is 8.41. The molecule has 0 spiro atoms. The Labute approximate surface area is 159 Å². The van der Waals surface area contributed by atoms with Crippen LogP contribution in [0.15, 0.2) is 21.8 Å². The molecule has 1 unspecified atom stereocenters. The molecule has 1 aromatic heterocycles. The Hall–Kier alpha value is -1.32. The van der Waals surface area contributed by atoms with Crippen LogP contribution in [-0.2, 0) is 11.3 Å². The van der Waals surface area contributed by atoms with Gasteiger partial charge in [0.05, 0.1) is 6.54 Å². The number of rotatable bonds is 4. The third-order valence-electron chi connectivity index (χ3n) is 4.70. The van der Waals surface area contributed by atoms with E-state index < -0.39 is 0 Å². The average Bonchev–Trinajstić information content (AvgIpc) is 3.33. The Morgan fingerprint density at radius 3 is 2.88 bits per heavy atom. The van der Waals surface area contributed by atoms with Crippen LogP contribution in [0.1, 0.15) is 37.8 Å². The third kappa shape index (κ3) is 4.84. The van der Waals surface area contributed by atoms with Gasteiger partial charge in [-0.3, -0.25) is 9.79 Å². The predicted molar refractivity (Wildman–Crippen MR) is 102 cm³/mol. The number of amides is 1. The van der Waals surface area contributed by atoms with E-state index in [1.54, 1.807) is 13.3 Å². The minimum Gasteiger partial charge on any atom is -0.364 e. The smallest absolute Gasteiger partial charge is 0.225 e. The summed E-state index contributed by atoms with van der Waals surface area (Å²) in [5.74, 6) is 1.34. The van der Waals surface area contributed by atoms with Crippen molar-refractivity contribution in [2.45, 2.75) is 44.7 Å². The summed E-state index contributed by atoms with van der Waals surface area (Å²) < 4.78 is 4.81. The fourth-order valence-corrected chi connectivity index (χ4v) is 3.40. The number of aliphatic imine (C=N–C) groups is 1. The van der Waals surface area contributed by atoms with Crippen LogP contribution in [0.2, 0.25) is 0 Å². The molecule has 3 rings (SSSR count). The first-order valence-electron chi connectivity index (χ1n) is 8.41. The number of hydrogen-bond donors (Lipinski definition) is 2. The Kier molecular flexibility index (Phi) is 7.32. The monoisotopic (exact) mass is 447 g/mol. The number of halogens is 1. The van der Waals surface area contributed by atoms with Crippen molar-refractivity contribution in [3.8, 4) is 0 Å². The van der Waals surface area contributed by atoms with Crippen LogP contribution < -0.4 is 10.6 Å². The van der Waals surface area contributed by atoms with Crippen molar-refractivity contribution in [1.82, 2.24) is 20.7 Å². The summed E-state index contributed by atoms with van der Waals surface area (Å²) in [5.41, 5.74) is 0.831. The zero-order valence-electron chi connectivity index (χ0n) is 14.0. The van der Waals surface area contributed by atoms with Gasteiger partial charge in [-0.15, -0.1) is 24.0 Å². The summed E-state index contributed by atoms with van der Waals surface area (Å²) in [6.45, 7) is 2.17. The number of nitrogens with zero attached hydrogens (tertiary/aromatic N) is 3. The second kappa shape index (κ2) is 9.24. The summed E-state index contributed by atoms with van der Waals surface area (Å²) in [5, 5.41) is 10.5. The molecule has 1 saturated carbocycles. The maximum absolute atomic E-state index is 12.5. The summed E-state index contributed by atoms with van der Waals surface area (Å²) >= 11 is 0. The third-order valence-corrected chi connectivity index (χ3v) is 4.70. The lowest BCUT2D eigenvalue weighted by Gasteiger charge is -2.21. The molecule has 1 saturated heterocycles. The SMILES string of the molecule is CN=C(NCc1ccon1)NC1CCN(C(=O)C2CCCC2)C1.I. The molecule has 24 heavy (non-hydrogen) atoms. The largest absolute Gasteiger partial charge is 0.364 e. The van der Waals surface area contributed by atoms with E-state index in [-0.39, 0.29) is 35.9 Å². The predicted octanol–water partition coefficient (Wildman–Crippen LogP) is 1.75. The van der Waals surface area contributed by atoms with Crippen molar-refractivity contribution in [3.63, 3.8) is 0 Å². The van der Waals surface area contributed by atoms with E-state index in [9.17, 15) is 4.79 Å². The van der Waals surface area contributed by atoms with Gasteiger partial charge in [-0.2, -0.15) is 0 Å². The van der Waals surface area contributed by atoms with Gasteiger partial charge in [-0.25, -0.2) is 0 Å². The van der Waals surface area contributed by atoms with Crippen LogP contribution in [0.3, 0.4) is 0 Å². The van der Waals surface area contributed by atoms with E-state index >= 15 is 0 Å². The van der Waals surface area contributed by atoms with Crippen molar-refractivity contribution in [3.05, 3.63) is 18.0 Å². The molecule has 0 bridgehead atoms. The van der Waals surface area contributed by atoms with Gasteiger partial charge in [0, 0.05) is 38.2 Å². The van der Waals surface area contributed by atoms with E-state index in [1.165, 1.54) is 12.8 Å². The molecule has 2 N–H and O–H groups in total. The van der Waals surface area contributed by atoms with Crippen LogP contribution in [0, 0.1) is 5.92 Å². The van der Waals surface area contributed by atoms with Gasteiger partial charge in [0.2, 0.25) is 5.91 Å². The van der Waals surface area contributed by atoms with E-state index in [1.807, 2.05) is 11.0 Å². The molecule has 0 aromatic carbocycles. The number of carbonyl (C=O) groups is 1. The molecular formula is C16H26IN5O2. The molecule has 1 atom stereocenters. The highest BCUT2D eigenvalue weighted by atomic mass is 127.